The second-order valence-corrected chi connectivity index (χ2v) is 5.35. The van der Waals surface area contributed by atoms with Crippen molar-refractivity contribution in [2.45, 2.75) is 6.92 Å². The highest BCUT2D eigenvalue weighted by atomic mass is 16.5. The van der Waals surface area contributed by atoms with Crippen LogP contribution in [0.5, 0.6) is 5.75 Å². The van der Waals surface area contributed by atoms with Gasteiger partial charge in [0, 0.05) is 11.6 Å². The third-order valence-corrected chi connectivity index (χ3v) is 3.49. The monoisotopic (exact) mass is 368 g/mol. The highest BCUT2D eigenvalue weighted by molar-refractivity contribution is 5.98. The van der Waals surface area contributed by atoms with Crippen LogP contribution in [0.15, 0.2) is 54.6 Å². The summed E-state index contributed by atoms with van der Waals surface area (Å²) in [6.45, 7) is 2.49. The Morgan fingerprint density at radius 1 is 0.926 bits per heavy atom. The number of amides is 2. The third kappa shape index (κ3) is 6.00. The number of hydrogen-bond acceptors (Lipinski definition) is 5. The number of rotatable bonds is 6. The Hall–Kier alpha value is -3.61. The van der Waals surface area contributed by atoms with Gasteiger partial charge in [-0.15, -0.1) is 0 Å². The van der Waals surface area contributed by atoms with Crippen LogP contribution in [0, 0.1) is 0 Å². The Bertz CT molecular complexity index is 826. The van der Waals surface area contributed by atoms with Gasteiger partial charge in [0.2, 0.25) is 0 Å². The van der Waals surface area contributed by atoms with Crippen molar-refractivity contribution in [3.63, 3.8) is 0 Å². The standard InChI is InChI=1S/C20H20N2O5/c1-3-27-17-11-4-14(5-12-17)6-13-18(23)21-22-19(24)15-7-9-16(10-8-15)20(25)26-2/h4-13H,3H2,1-2H3,(H,21,23)(H,22,24)/b13-6+. The van der Waals surface area contributed by atoms with Gasteiger partial charge in [0.15, 0.2) is 0 Å². The molecule has 0 atom stereocenters. The van der Waals surface area contributed by atoms with Crippen LogP contribution in [-0.4, -0.2) is 31.5 Å². The molecular formula is C20H20N2O5. The summed E-state index contributed by atoms with van der Waals surface area (Å²) in [4.78, 5) is 35.2. The maximum Gasteiger partial charge on any atom is 0.337 e. The molecule has 0 aliphatic rings. The van der Waals surface area contributed by atoms with Crippen molar-refractivity contribution < 1.29 is 23.9 Å². The van der Waals surface area contributed by atoms with E-state index in [0.29, 0.717) is 17.7 Å². The number of carbonyl (C=O) groups is 3. The summed E-state index contributed by atoms with van der Waals surface area (Å²) in [7, 11) is 1.28. The smallest absolute Gasteiger partial charge is 0.337 e. The van der Waals surface area contributed by atoms with E-state index in [1.165, 1.54) is 37.5 Å². The molecule has 7 heteroatoms. The summed E-state index contributed by atoms with van der Waals surface area (Å²) >= 11 is 0. The SMILES string of the molecule is CCOc1ccc(/C=C/C(=O)NNC(=O)c2ccc(C(=O)OC)cc2)cc1. The lowest BCUT2D eigenvalue weighted by Gasteiger charge is -2.06. The first kappa shape index (κ1) is 19.7. The highest BCUT2D eigenvalue weighted by Gasteiger charge is 2.09. The lowest BCUT2D eigenvalue weighted by atomic mass is 10.1. The molecule has 0 fully saturated rings. The molecule has 2 aromatic rings. The van der Waals surface area contributed by atoms with Crippen molar-refractivity contribution in [2.75, 3.05) is 13.7 Å². The van der Waals surface area contributed by atoms with Crippen molar-refractivity contribution in [3.05, 3.63) is 71.3 Å². The molecule has 0 radical (unpaired) electrons. The van der Waals surface area contributed by atoms with Gasteiger partial charge in [-0.05, 0) is 55.0 Å². The van der Waals surface area contributed by atoms with Crippen molar-refractivity contribution in [2.24, 2.45) is 0 Å². The van der Waals surface area contributed by atoms with Gasteiger partial charge in [0.05, 0.1) is 19.3 Å². The van der Waals surface area contributed by atoms with Crippen molar-refractivity contribution in [1.82, 2.24) is 10.9 Å². The van der Waals surface area contributed by atoms with E-state index in [-0.39, 0.29) is 0 Å². The first-order chi connectivity index (χ1) is 13.0. The summed E-state index contributed by atoms with van der Waals surface area (Å²) in [5, 5.41) is 0. The van der Waals surface area contributed by atoms with E-state index < -0.39 is 17.8 Å². The van der Waals surface area contributed by atoms with E-state index >= 15 is 0 Å². The molecular weight excluding hydrogens is 348 g/mol. The average Bonchev–Trinajstić information content (AvgIpc) is 2.71. The van der Waals surface area contributed by atoms with E-state index in [1.54, 1.807) is 18.2 Å². The van der Waals surface area contributed by atoms with E-state index in [9.17, 15) is 14.4 Å². The van der Waals surface area contributed by atoms with Gasteiger partial charge in [-0.2, -0.15) is 0 Å². The summed E-state index contributed by atoms with van der Waals surface area (Å²) in [6, 6.07) is 13.1. The highest BCUT2D eigenvalue weighted by Crippen LogP contribution is 2.13. The predicted octanol–water partition coefficient (Wildman–Crippen LogP) is 2.35. The Labute approximate surface area is 156 Å². The lowest BCUT2D eigenvalue weighted by molar-refractivity contribution is -0.117. The zero-order valence-electron chi connectivity index (χ0n) is 15.0. The number of hydrazine groups is 1. The molecule has 2 N–H and O–H groups in total. The van der Waals surface area contributed by atoms with Crippen LogP contribution >= 0.6 is 0 Å². The van der Waals surface area contributed by atoms with Crippen LogP contribution in [-0.2, 0) is 9.53 Å². The largest absolute Gasteiger partial charge is 0.494 e. The number of hydrogen-bond donors (Lipinski definition) is 2. The molecule has 140 valence electrons. The molecule has 0 unspecified atom stereocenters. The molecule has 2 amide bonds. The molecule has 0 heterocycles. The number of methoxy groups -OCH3 is 1. The van der Waals surface area contributed by atoms with Crippen molar-refractivity contribution in [1.29, 1.82) is 0 Å². The predicted molar refractivity (Wildman–Crippen MR) is 100 cm³/mol. The number of nitrogens with one attached hydrogen (secondary N) is 2. The van der Waals surface area contributed by atoms with Gasteiger partial charge in [-0.3, -0.25) is 20.4 Å². The molecule has 2 aromatic carbocycles. The quantitative estimate of drug-likeness (QED) is 0.464. The first-order valence-corrected chi connectivity index (χ1v) is 8.23. The van der Waals surface area contributed by atoms with Gasteiger partial charge in [0.25, 0.3) is 11.8 Å². The Morgan fingerprint density at radius 3 is 2.15 bits per heavy atom. The first-order valence-electron chi connectivity index (χ1n) is 8.23. The van der Waals surface area contributed by atoms with Crippen molar-refractivity contribution >= 4 is 23.9 Å². The molecule has 7 nitrogen and oxygen atoms in total. The minimum absolute atomic E-state index is 0.290. The fourth-order valence-corrected chi connectivity index (χ4v) is 2.12. The van der Waals surface area contributed by atoms with Crippen LogP contribution in [0.1, 0.15) is 33.2 Å². The van der Waals surface area contributed by atoms with Gasteiger partial charge >= 0.3 is 5.97 Å². The Balaban J connectivity index is 1.85. The fraction of sp³-hybridized carbons (Fsp3) is 0.150. The summed E-state index contributed by atoms with van der Waals surface area (Å²) in [5.41, 5.74) is 6.03. The normalized spacial score (nSPS) is 10.3. The topological polar surface area (TPSA) is 93.7 Å². The zero-order valence-corrected chi connectivity index (χ0v) is 15.0. The lowest BCUT2D eigenvalue weighted by Crippen LogP contribution is -2.40. The third-order valence-electron chi connectivity index (χ3n) is 3.49. The molecule has 0 spiro atoms. The molecule has 0 aliphatic carbocycles. The number of ether oxygens (including phenoxy) is 2. The molecule has 27 heavy (non-hydrogen) atoms. The van der Waals surface area contributed by atoms with Crippen LogP contribution in [0.4, 0.5) is 0 Å². The molecule has 2 rings (SSSR count). The molecule has 0 aromatic heterocycles. The van der Waals surface area contributed by atoms with Crippen LogP contribution in [0.2, 0.25) is 0 Å². The van der Waals surface area contributed by atoms with E-state index in [4.69, 9.17) is 4.74 Å². The van der Waals surface area contributed by atoms with Crippen LogP contribution in [0.3, 0.4) is 0 Å². The number of benzene rings is 2. The summed E-state index contributed by atoms with van der Waals surface area (Å²) < 4.78 is 9.93. The number of carbonyl (C=O) groups excluding carboxylic acids is 3. The maximum absolute atomic E-state index is 12.0. The summed E-state index contributed by atoms with van der Waals surface area (Å²) in [6.07, 6.45) is 2.92. The Morgan fingerprint density at radius 2 is 1.56 bits per heavy atom. The fourth-order valence-electron chi connectivity index (χ4n) is 2.12. The molecule has 0 aliphatic heterocycles. The van der Waals surface area contributed by atoms with Gasteiger partial charge < -0.3 is 9.47 Å². The summed E-state index contributed by atoms with van der Waals surface area (Å²) in [5.74, 6) is -0.725. The van der Waals surface area contributed by atoms with Gasteiger partial charge in [-0.25, -0.2) is 4.79 Å². The van der Waals surface area contributed by atoms with Gasteiger partial charge in [-0.1, -0.05) is 12.1 Å². The number of esters is 1. The minimum atomic E-state index is -0.505. The average molecular weight is 368 g/mol. The van der Waals surface area contributed by atoms with Crippen LogP contribution < -0.4 is 15.6 Å². The second-order valence-electron chi connectivity index (χ2n) is 5.35. The maximum atomic E-state index is 12.0. The van der Waals surface area contributed by atoms with Gasteiger partial charge in [0.1, 0.15) is 5.75 Å². The minimum Gasteiger partial charge on any atom is -0.494 e. The van der Waals surface area contributed by atoms with E-state index in [1.807, 2.05) is 19.1 Å². The van der Waals surface area contributed by atoms with E-state index in [2.05, 4.69) is 15.6 Å². The molecule has 0 saturated heterocycles. The zero-order chi connectivity index (χ0) is 19.6. The van der Waals surface area contributed by atoms with E-state index in [0.717, 1.165) is 11.3 Å². The molecule has 0 bridgehead atoms. The Kier molecular flexibility index (Phi) is 7.13. The molecule has 0 saturated carbocycles. The van der Waals surface area contributed by atoms with Crippen LogP contribution in [0.25, 0.3) is 6.08 Å². The van der Waals surface area contributed by atoms with Crippen molar-refractivity contribution in [3.8, 4) is 5.75 Å². The second kappa shape index (κ2) is 9.76.